The van der Waals surface area contributed by atoms with Crippen LogP contribution in [0.1, 0.15) is 24.9 Å². The van der Waals surface area contributed by atoms with Crippen molar-refractivity contribution in [2.75, 3.05) is 6.54 Å². The summed E-state index contributed by atoms with van der Waals surface area (Å²) in [5, 5.41) is 12.0. The lowest BCUT2D eigenvalue weighted by Crippen LogP contribution is -2.25. The van der Waals surface area contributed by atoms with Crippen molar-refractivity contribution in [3.05, 3.63) is 47.2 Å². The molecule has 1 N–H and O–H groups in total. The molecule has 0 aliphatic heterocycles. The quantitative estimate of drug-likeness (QED) is 0.872. The fourth-order valence-corrected chi connectivity index (χ4v) is 2.13. The highest BCUT2D eigenvalue weighted by atomic mass is 35.5. The first-order valence-corrected chi connectivity index (χ1v) is 6.50. The first-order chi connectivity index (χ1) is 8.79. The van der Waals surface area contributed by atoms with E-state index in [1.165, 1.54) is 5.56 Å². The first-order valence-electron chi connectivity index (χ1n) is 6.12. The van der Waals surface area contributed by atoms with Crippen LogP contribution in [0.4, 0.5) is 0 Å². The van der Waals surface area contributed by atoms with Gasteiger partial charge in [-0.25, -0.2) is 0 Å². The molecule has 2 rings (SSSR count). The van der Waals surface area contributed by atoms with E-state index in [-0.39, 0.29) is 0 Å². The maximum atomic E-state index is 6.01. The molecule has 0 spiro atoms. The van der Waals surface area contributed by atoms with E-state index in [4.69, 9.17) is 11.6 Å². The van der Waals surface area contributed by atoms with Gasteiger partial charge in [0.05, 0.1) is 12.7 Å². The molecule has 5 heteroatoms. The molecule has 2 aromatic rings. The summed E-state index contributed by atoms with van der Waals surface area (Å²) in [5.74, 6) is 0. The van der Waals surface area contributed by atoms with E-state index in [1.807, 2.05) is 29.1 Å². The number of hydrogen-bond donors (Lipinski definition) is 1. The molecule has 0 saturated heterocycles. The molecule has 1 unspecified atom stereocenters. The standard InChI is InChI=1S/C13H17ClN4/c1-2-13(11-4-3-5-12(14)10-11)15-6-8-18-9-7-16-17-18/h3-5,7,9-10,13,15H,2,6,8H2,1H3. The smallest absolute Gasteiger partial charge is 0.0692 e. The Kier molecular flexibility index (Phi) is 4.73. The number of benzene rings is 1. The summed E-state index contributed by atoms with van der Waals surface area (Å²) < 4.78 is 1.82. The average Bonchev–Trinajstić information content (AvgIpc) is 2.88. The molecule has 1 aromatic heterocycles. The Morgan fingerprint density at radius 3 is 3.00 bits per heavy atom. The Morgan fingerprint density at radius 1 is 1.44 bits per heavy atom. The predicted octanol–water partition coefficient (Wildman–Crippen LogP) is 2.67. The van der Waals surface area contributed by atoms with Crippen molar-refractivity contribution < 1.29 is 0 Å². The molecule has 4 nitrogen and oxygen atoms in total. The van der Waals surface area contributed by atoms with Crippen molar-refractivity contribution in [2.45, 2.75) is 25.9 Å². The third kappa shape index (κ3) is 3.55. The molecule has 1 atom stereocenters. The second-order valence-corrected chi connectivity index (χ2v) is 4.57. The van der Waals surface area contributed by atoms with Crippen molar-refractivity contribution >= 4 is 11.6 Å². The predicted molar refractivity (Wildman–Crippen MR) is 72.5 cm³/mol. The van der Waals surface area contributed by atoms with E-state index >= 15 is 0 Å². The van der Waals surface area contributed by atoms with Gasteiger partial charge in [-0.1, -0.05) is 35.9 Å². The maximum Gasteiger partial charge on any atom is 0.0692 e. The van der Waals surface area contributed by atoms with Gasteiger partial charge in [0.15, 0.2) is 0 Å². The molecule has 0 aliphatic rings. The number of halogens is 1. The summed E-state index contributed by atoms with van der Waals surface area (Å²) in [6, 6.07) is 8.32. The zero-order chi connectivity index (χ0) is 12.8. The van der Waals surface area contributed by atoms with Crippen LogP contribution in [0.25, 0.3) is 0 Å². The summed E-state index contributed by atoms with van der Waals surface area (Å²) in [4.78, 5) is 0. The van der Waals surface area contributed by atoms with Crippen LogP contribution in [0.2, 0.25) is 5.02 Å². The van der Waals surface area contributed by atoms with Gasteiger partial charge < -0.3 is 5.32 Å². The molecular weight excluding hydrogens is 248 g/mol. The lowest BCUT2D eigenvalue weighted by Gasteiger charge is -2.17. The van der Waals surface area contributed by atoms with Gasteiger partial charge in [-0.05, 0) is 24.1 Å². The van der Waals surface area contributed by atoms with Gasteiger partial charge >= 0.3 is 0 Å². The van der Waals surface area contributed by atoms with E-state index in [0.717, 1.165) is 24.5 Å². The summed E-state index contributed by atoms with van der Waals surface area (Å²) in [7, 11) is 0. The third-order valence-corrected chi connectivity index (χ3v) is 3.10. The van der Waals surface area contributed by atoms with Gasteiger partial charge in [-0.2, -0.15) is 0 Å². The minimum Gasteiger partial charge on any atom is -0.308 e. The fraction of sp³-hybridized carbons (Fsp3) is 0.385. The van der Waals surface area contributed by atoms with Crippen molar-refractivity contribution in [1.29, 1.82) is 0 Å². The maximum absolute atomic E-state index is 6.01. The Bertz CT molecular complexity index is 470. The van der Waals surface area contributed by atoms with Crippen molar-refractivity contribution in [1.82, 2.24) is 20.3 Å². The molecule has 1 heterocycles. The summed E-state index contributed by atoms with van der Waals surface area (Å²) in [5.41, 5.74) is 1.23. The normalized spacial score (nSPS) is 12.6. The lowest BCUT2D eigenvalue weighted by atomic mass is 10.0. The lowest BCUT2D eigenvalue weighted by molar-refractivity contribution is 0.471. The molecule has 0 bridgehead atoms. The SMILES string of the molecule is CCC(NCCn1ccnn1)c1cccc(Cl)c1. The zero-order valence-corrected chi connectivity index (χ0v) is 11.1. The van der Waals surface area contributed by atoms with Crippen LogP contribution in [0, 0.1) is 0 Å². The molecule has 1 aromatic carbocycles. The molecular formula is C13H17ClN4. The summed E-state index contributed by atoms with van der Waals surface area (Å²) >= 11 is 6.01. The van der Waals surface area contributed by atoms with Gasteiger partial charge in [-0.15, -0.1) is 5.10 Å². The molecule has 0 radical (unpaired) electrons. The molecule has 0 saturated carbocycles. The van der Waals surface area contributed by atoms with Gasteiger partial charge in [0, 0.05) is 23.8 Å². The van der Waals surface area contributed by atoms with Crippen LogP contribution < -0.4 is 5.32 Å². The highest BCUT2D eigenvalue weighted by Gasteiger charge is 2.08. The van der Waals surface area contributed by atoms with Crippen LogP contribution in [0.15, 0.2) is 36.7 Å². The fourth-order valence-electron chi connectivity index (χ4n) is 1.93. The van der Waals surface area contributed by atoms with Crippen LogP contribution in [-0.4, -0.2) is 21.5 Å². The summed E-state index contributed by atoms with van der Waals surface area (Å²) in [6.07, 6.45) is 4.58. The van der Waals surface area contributed by atoms with Crippen LogP contribution in [0.3, 0.4) is 0 Å². The third-order valence-electron chi connectivity index (χ3n) is 2.86. The average molecular weight is 265 g/mol. The second-order valence-electron chi connectivity index (χ2n) is 4.14. The summed E-state index contributed by atoms with van der Waals surface area (Å²) in [6.45, 7) is 3.83. The largest absolute Gasteiger partial charge is 0.308 e. The highest BCUT2D eigenvalue weighted by molar-refractivity contribution is 6.30. The van der Waals surface area contributed by atoms with Gasteiger partial charge in [0.25, 0.3) is 0 Å². The Morgan fingerprint density at radius 2 is 2.33 bits per heavy atom. The molecule has 18 heavy (non-hydrogen) atoms. The highest BCUT2D eigenvalue weighted by Crippen LogP contribution is 2.19. The van der Waals surface area contributed by atoms with Crippen LogP contribution in [0.5, 0.6) is 0 Å². The van der Waals surface area contributed by atoms with Crippen molar-refractivity contribution in [3.8, 4) is 0 Å². The molecule has 96 valence electrons. The van der Waals surface area contributed by atoms with Crippen molar-refractivity contribution in [3.63, 3.8) is 0 Å². The zero-order valence-electron chi connectivity index (χ0n) is 10.4. The van der Waals surface area contributed by atoms with Gasteiger partial charge in [0.1, 0.15) is 0 Å². The Labute approximate surface area is 112 Å². The number of nitrogens with zero attached hydrogens (tertiary/aromatic N) is 3. The van der Waals surface area contributed by atoms with Crippen LogP contribution >= 0.6 is 11.6 Å². The Hall–Kier alpha value is -1.39. The molecule has 0 aliphatic carbocycles. The van der Waals surface area contributed by atoms with E-state index in [0.29, 0.717) is 6.04 Å². The first kappa shape index (κ1) is 13.1. The van der Waals surface area contributed by atoms with E-state index in [1.54, 1.807) is 6.20 Å². The Balaban J connectivity index is 1.89. The molecule has 0 amide bonds. The molecule has 0 fully saturated rings. The topological polar surface area (TPSA) is 42.7 Å². The number of aromatic nitrogens is 3. The van der Waals surface area contributed by atoms with Crippen LogP contribution in [-0.2, 0) is 6.54 Å². The van der Waals surface area contributed by atoms with Gasteiger partial charge in [-0.3, -0.25) is 4.68 Å². The number of hydrogen-bond acceptors (Lipinski definition) is 3. The second kappa shape index (κ2) is 6.52. The van der Waals surface area contributed by atoms with E-state index in [2.05, 4.69) is 28.6 Å². The van der Waals surface area contributed by atoms with E-state index < -0.39 is 0 Å². The van der Waals surface area contributed by atoms with E-state index in [9.17, 15) is 0 Å². The number of nitrogens with one attached hydrogen (secondary N) is 1. The van der Waals surface area contributed by atoms with Crippen molar-refractivity contribution in [2.24, 2.45) is 0 Å². The minimum atomic E-state index is 0.326. The monoisotopic (exact) mass is 264 g/mol. The minimum absolute atomic E-state index is 0.326. The number of rotatable bonds is 6. The van der Waals surface area contributed by atoms with Gasteiger partial charge in [0.2, 0.25) is 0 Å².